The van der Waals surface area contributed by atoms with Gasteiger partial charge in [-0.3, -0.25) is 4.79 Å². The average Bonchev–Trinajstić information content (AvgIpc) is 3.20. The first-order valence-electron chi connectivity index (χ1n) is 24.5. The van der Waals surface area contributed by atoms with E-state index in [0.29, 0.717) is 6.42 Å². The van der Waals surface area contributed by atoms with Crippen molar-refractivity contribution in [3.05, 3.63) is 60.8 Å². The zero-order valence-electron chi connectivity index (χ0n) is 37.4. The molecule has 326 valence electrons. The van der Waals surface area contributed by atoms with Crippen LogP contribution in [-0.4, -0.2) is 34.9 Å². The van der Waals surface area contributed by atoms with Crippen molar-refractivity contribution in [3.8, 4) is 0 Å². The lowest BCUT2D eigenvalue weighted by Gasteiger charge is -2.19. The molecule has 2 unspecified atom stereocenters. The van der Waals surface area contributed by atoms with E-state index in [1.54, 1.807) is 6.08 Å². The molecule has 4 heteroatoms. The van der Waals surface area contributed by atoms with Gasteiger partial charge in [0.1, 0.15) is 0 Å². The van der Waals surface area contributed by atoms with Gasteiger partial charge in [0.15, 0.2) is 0 Å². The molecule has 0 saturated heterocycles. The average molecular weight is 782 g/mol. The molecule has 0 spiro atoms. The lowest BCUT2D eigenvalue weighted by atomic mass is 10.0. The van der Waals surface area contributed by atoms with E-state index in [0.717, 1.165) is 44.9 Å². The van der Waals surface area contributed by atoms with Crippen LogP contribution in [0.15, 0.2) is 60.8 Å². The fourth-order valence-electron chi connectivity index (χ4n) is 7.18. The Kier molecular flexibility index (Phi) is 45.8. The van der Waals surface area contributed by atoms with Crippen LogP contribution in [0.5, 0.6) is 0 Å². The van der Waals surface area contributed by atoms with Gasteiger partial charge in [-0.1, -0.05) is 222 Å². The SMILES string of the molecule is CCCCCCC/C=C\C/C=C\CCCCCCCCCCCCCCCCCC(=O)NC(CO)C(O)/C=C/CC/C=C/CC/C=C/CCCCCCCCC. The molecule has 0 aromatic carbocycles. The number of unbranched alkanes of at least 4 members (excludes halogenated alkanes) is 29. The minimum Gasteiger partial charge on any atom is -0.394 e. The topological polar surface area (TPSA) is 69.6 Å². The molecule has 0 radical (unpaired) electrons. The molecule has 0 saturated carbocycles. The first kappa shape index (κ1) is 54.1. The highest BCUT2D eigenvalue weighted by molar-refractivity contribution is 5.76. The Hall–Kier alpha value is -1.91. The summed E-state index contributed by atoms with van der Waals surface area (Å²) in [4.78, 5) is 12.4. The fraction of sp³-hybridized carbons (Fsp3) is 0.788. The van der Waals surface area contributed by atoms with E-state index >= 15 is 0 Å². The number of hydrogen-bond acceptors (Lipinski definition) is 3. The van der Waals surface area contributed by atoms with Gasteiger partial charge in [0.05, 0.1) is 18.8 Å². The summed E-state index contributed by atoms with van der Waals surface area (Å²) in [6.07, 6.45) is 66.3. The second kappa shape index (κ2) is 47.5. The molecule has 1 amide bonds. The Morgan fingerprint density at radius 2 is 0.750 bits per heavy atom. The van der Waals surface area contributed by atoms with Gasteiger partial charge in [-0.2, -0.15) is 0 Å². The maximum atomic E-state index is 12.4. The normalized spacial score (nSPS) is 13.4. The molecule has 0 rings (SSSR count). The molecule has 0 fully saturated rings. The van der Waals surface area contributed by atoms with Crippen LogP contribution in [0, 0.1) is 0 Å². The number of aliphatic hydroxyl groups is 2. The predicted octanol–water partition coefficient (Wildman–Crippen LogP) is 15.7. The number of carbonyl (C=O) groups is 1. The van der Waals surface area contributed by atoms with Gasteiger partial charge in [0, 0.05) is 6.42 Å². The van der Waals surface area contributed by atoms with Gasteiger partial charge >= 0.3 is 0 Å². The van der Waals surface area contributed by atoms with Crippen molar-refractivity contribution in [1.29, 1.82) is 0 Å². The van der Waals surface area contributed by atoms with Gasteiger partial charge in [0.25, 0.3) is 0 Å². The van der Waals surface area contributed by atoms with Crippen LogP contribution in [0.3, 0.4) is 0 Å². The first-order valence-corrected chi connectivity index (χ1v) is 24.5. The van der Waals surface area contributed by atoms with E-state index in [4.69, 9.17) is 0 Å². The minimum atomic E-state index is -0.871. The molecule has 3 N–H and O–H groups in total. The molecule has 0 bridgehead atoms. The molecule has 2 atom stereocenters. The van der Waals surface area contributed by atoms with Crippen molar-refractivity contribution >= 4 is 5.91 Å². The van der Waals surface area contributed by atoms with Gasteiger partial charge in [-0.25, -0.2) is 0 Å². The van der Waals surface area contributed by atoms with E-state index in [-0.39, 0.29) is 12.5 Å². The number of rotatable bonds is 44. The number of aliphatic hydroxyl groups excluding tert-OH is 2. The summed E-state index contributed by atoms with van der Waals surface area (Å²) in [5.74, 6) is -0.0782. The molecular formula is C52H95NO3. The third-order valence-corrected chi connectivity index (χ3v) is 11.0. The molecule has 0 aliphatic rings. The van der Waals surface area contributed by atoms with Crippen molar-refractivity contribution in [2.24, 2.45) is 0 Å². The minimum absolute atomic E-state index is 0.0782. The Balaban J connectivity index is 3.57. The maximum Gasteiger partial charge on any atom is 0.220 e. The van der Waals surface area contributed by atoms with E-state index in [2.05, 4.69) is 67.8 Å². The largest absolute Gasteiger partial charge is 0.394 e. The summed E-state index contributed by atoms with van der Waals surface area (Å²) >= 11 is 0. The number of carbonyl (C=O) groups excluding carboxylic acids is 1. The van der Waals surface area contributed by atoms with Gasteiger partial charge in [0.2, 0.25) is 5.91 Å². The molecule has 0 aromatic rings. The Morgan fingerprint density at radius 3 is 1.14 bits per heavy atom. The summed E-state index contributed by atoms with van der Waals surface area (Å²) in [7, 11) is 0. The fourth-order valence-corrected chi connectivity index (χ4v) is 7.18. The number of allylic oxidation sites excluding steroid dienone is 9. The highest BCUT2D eigenvalue weighted by Crippen LogP contribution is 2.15. The quantitative estimate of drug-likeness (QED) is 0.0426. The van der Waals surface area contributed by atoms with Crippen LogP contribution in [0.1, 0.15) is 245 Å². The number of amides is 1. The van der Waals surface area contributed by atoms with E-state index in [9.17, 15) is 15.0 Å². The smallest absolute Gasteiger partial charge is 0.220 e. The number of nitrogens with one attached hydrogen (secondary N) is 1. The van der Waals surface area contributed by atoms with Crippen LogP contribution in [0.25, 0.3) is 0 Å². The molecule has 0 aliphatic heterocycles. The van der Waals surface area contributed by atoms with Crippen molar-refractivity contribution < 1.29 is 15.0 Å². The van der Waals surface area contributed by atoms with Crippen LogP contribution in [0.4, 0.5) is 0 Å². The van der Waals surface area contributed by atoms with Crippen LogP contribution >= 0.6 is 0 Å². The molecule has 56 heavy (non-hydrogen) atoms. The third-order valence-electron chi connectivity index (χ3n) is 11.0. The van der Waals surface area contributed by atoms with Crippen molar-refractivity contribution in [1.82, 2.24) is 5.32 Å². The third kappa shape index (κ3) is 43.2. The van der Waals surface area contributed by atoms with E-state index in [1.807, 2.05) is 6.08 Å². The summed E-state index contributed by atoms with van der Waals surface area (Å²) < 4.78 is 0. The maximum absolute atomic E-state index is 12.4. The van der Waals surface area contributed by atoms with Crippen molar-refractivity contribution in [3.63, 3.8) is 0 Å². The van der Waals surface area contributed by atoms with Gasteiger partial charge in [-0.15, -0.1) is 0 Å². The second-order valence-corrected chi connectivity index (χ2v) is 16.5. The second-order valence-electron chi connectivity index (χ2n) is 16.5. The van der Waals surface area contributed by atoms with E-state index in [1.165, 1.54) is 180 Å². The summed E-state index contributed by atoms with van der Waals surface area (Å²) in [5, 5.41) is 23.0. The standard InChI is InChI=1S/C52H95NO3/c1-3-5-7-9-11-13-15-17-19-21-22-23-24-25-26-27-28-29-30-32-34-36-38-40-42-44-46-48-52(56)53-50(49-54)51(55)47-45-43-41-39-37-35-33-31-20-18-16-14-12-10-8-6-4-2/h15,17,20-22,31,37,39,45,47,50-51,54-55H,3-14,16,18-19,23-30,32-36,38,40-44,46,48-49H2,1-2H3,(H,53,56)/b17-15-,22-21-,31-20+,39-37+,47-45+. The summed E-state index contributed by atoms with van der Waals surface area (Å²) in [5.41, 5.74) is 0. The van der Waals surface area contributed by atoms with Crippen LogP contribution in [-0.2, 0) is 4.79 Å². The molecule has 0 heterocycles. The van der Waals surface area contributed by atoms with E-state index < -0.39 is 12.1 Å². The summed E-state index contributed by atoms with van der Waals surface area (Å²) in [6, 6.07) is -0.646. The Labute approximate surface area is 349 Å². The monoisotopic (exact) mass is 782 g/mol. The molecular weight excluding hydrogens is 687 g/mol. The highest BCUT2D eigenvalue weighted by atomic mass is 16.3. The zero-order valence-corrected chi connectivity index (χ0v) is 37.4. The van der Waals surface area contributed by atoms with Gasteiger partial charge < -0.3 is 15.5 Å². The lowest BCUT2D eigenvalue weighted by molar-refractivity contribution is -0.123. The number of hydrogen-bond donors (Lipinski definition) is 3. The molecule has 0 aliphatic carbocycles. The molecule has 4 nitrogen and oxygen atoms in total. The van der Waals surface area contributed by atoms with Crippen molar-refractivity contribution in [2.45, 2.75) is 257 Å². The zero-order chi connectivity index (χ0) is 40.7. The Bertz CT molecular complexity index is 934. The molecule has 0 aromatic heterocycles. The van der Waals surface area contributed by atoms with Crippen molar-refractivity contribution in [2.75, 3.05) is 6.61 Å². The van der Waals surface area contributed by atoms with Gasteiger partial charge in [-0.05, 0) is 77.0 Å². The highest BCUT2D eigenvalue weighted by Gasteiger charge is 2.17. The Morgan fingerprint density at radius 1 is 0.429 bits per heavy atom. The first-order chi connectivity index (χ1) is 27.7. The van der Waals surface area contributed by atoms with Crippen LogP contribution < -0.4 is 5.32 Å². The predicted molar refractivity (Wildman–Crippen MR) is 248 cm³/mol. The summed E-state index contributed by atoms with van der Waals surface area (Å²) in [6.45, 7) is 4.28. The lowest BCUT2D eigenvalue weighted by Crippen LogP contribution is -2.45. The van der Waals surface area contributed by atoms with Crippen LogP contribution in [0.2, 0.25) is 0 Å².